The maximum absolute atomic E-state index is 6.61. The van der Waals surface area contributed by atoms with Crippen molar-refractivity contribution in [2.24, 2.45) is 0 Å². The van der Waals surface area contributed by atoms with Gasteiger partial charge in [0.2, 0.25) is 0 Å². The molecule has 2 aromatic carbocycles. The molecule has 0 aliphatic carbocycles. The number of hydrogen-bond acceptors (Lipinski definition) is 3. The molecule has 2 heterocycles. The summed E-state index contributed by atoms with van der Waals surface area (Å²) in [6.07, 6.45) is 4.17. The van der Waals surface area contributed by atoms with E-state index < -0.39 is 0 Å². The first-order valence-corrected chi connectivity index (χ1v) is 11.2. The van der Waals surface area contributed by atoms with Crippen LogP contribution < -0.4 is 0 Å². The van der Waals surface area contributed by atoms with Crippen LogP contribution in [0.15, 0.2) is 54.6 Å². The molecular formula is C24H35Cl4N3. The summed E-state index contributed by atoms with van der Waals surface area (Å²) in [6, 6.07) is 19.4. The van der Waals surface area contributed by atoms with Gasteiger partial charge in [0.25, 0.3) is 0 Å². The normalized spacial score (nSPS) is 18.9. The highest BCUT2D eigenvalue weighted by Crippen LogP contribution is 2.33. The van der Waals surface area contributed by atoms with Gasteiger partial charge in [-0.25, -0.2) is 0 Å². The van der Waals surface area contributed by atoms with Crippen LogP contribution in [0, 0.1) is 0 Å². The first kappa shape index (κ1) is 28.5. The topological polar surface area (TPSA) is 9.72 Å². The van der Waals surface area contributed by atoms with E-state index in [0.29, 0.717) is 0 Å². The Morgan fingerprint density at radius 1 is 0.645 bits per heavy atom. The minimum absolute atomic E-state index is 0. The molecule has 2 aliphatic rings. The smallest absolute Gasteiger partial charge is 0.0617 e. The molecule has 174 valence electrons. The Labute approximate surface area is 211 Å². The molecule has 2 aliphatic heterocycles. The van der Waals surface area contributed by atoms with E-state index in [1.54, 1.807) is 0 Å². The van der Waals surface area contributed by atoms with Gasteiger partial charge in [0.1, 0.15) is 0 Å². The summed E-state index contributed by atoms with van der Waals surface area (Å²) in [6.45, 7) is 9.48. The largest absolute Gasteiger partial charge is 0.302 e. The lowest BCUT2D eigenvalue weighted by molar-refractivity contribution is 0.0962. The zero-order chi connectivity index (χ0) is 19.2. The molecule has 2 aromatic rings. The maximum atomic E-state index is 6.61. The van der Waals surface area contributed by atoms with Crippen molar-refractivity contribution in [3.63, 3.8) is 0 Å². The summed E-state index contributed by atoms with van der Waals surface area (Å²) in [5.41, 5.74) is 2.55. The molecule has 7 heteroatoms. The summed E-state index contributed by atoms with van der Waals surface area (Å²) >= 11 is 6.61. The van der Waals surface area contributed by atoms with E-state index in [-0.39, 0.29) is 43.3 Å². The maximum Gasteiger partial charge on any atom is 0.0617 e. The predicted octanol–water partition coefficient (Wildman–Crippen LogP) is 5.80. The summed E-state index contributed by atoms with van der Waals surface area (Å²) in [4.78, 5) is 7.89. The fraction of sp³-hybridized carbons (Fsp3) is 0.500. The number of likely N-dealkylation sites (tertiary alicyclic amines) is 1. The molecule has 3 nitrogen and oxygen atoms in total. The first-order chi connectivity index (χ1) is 13.8. The lowest BCUT2D eigenvalue weighted by Gasteiger charge is -2.40. The molecule has 0 bridgehead atoms. The zero-order valence-electron chi connectivity index (χ0n) is 18.0. The highest BCUT2D eigenvalue weighted by molar-refractivity contribution is 6.31. The third-order valence-electron chi connectivity index (χ3n) is 6.27. The van der Waals surface area contributed by atoms with Gasteiger partial charge in [-0.05, 0) is 43.1 Å². The summed E-state index contributed by atoms with van der Waals surface area (Å²) in [7, 11) is 0. The Kier molecular flexibility index (Phi) is 13.4. The monoisotopic (exact) mass is 505 g/mol. The molecule has 4 rings (SSSR count). The average Bonchev–Trinajstić information content (AvgIpc) is 2.76. The van der Waals surface area contributed by atoms with Crippen molar-refractivity contribution < 1.29 is 0 Å². The van der Waals surface area contributed by atoms with Gasteiger partial charge in [0, 0.05) is 44.3 Å². The van der Waals surface area contributed by atoms with Crippen molar-refractivity contribution >= 4 is 48.8 Å². The van der Waals surface area contributed by atoms with E-state index in [0.717, 1.165) is 31.2 Å². The van der Waals surface area contributed by atoms with E-state index >= 15 is 0 Å². The Bertz CT molecular complexity index is 733. The van der Waals surface area contributed by atoms with Crippen molar-refractivity contribution in [2.75, 3.05) is 52.4 Å². The predicted molar refractivity (Wildman–Crippen MR) is 140 cm³/mol. The second kappa shape index (κ2) is 14.6. The number of nitrogens with zero attached hydrogens (tertiary/aromatic N) is 3. The number of halogens is 4. The molecule has 2 fully saturated rings. The Balaban J connectivity index is 0.00000160. The van der Waals surface area contributed by atoms with Crippen LogP contribution in [0.25, 0.3) is 0 Å². The quantitative estimate of drug-likeness (QED) is 0.490. The van der Waals surface area contributed by atoms with Crippen molar-refractivity contribution in [2.45, 2.75) is 25.3 Å². The summed E-state index contributed by atoms with van der Waals surface area (Å²) in [5, 5.41) is 0.865. The lowest BCUT2D eigenvalue weighted by Crippen LogP contribution is -2.49. The van der Waals surface area contributed by atoms with Gasteiger partial charge >= 0.3 is 0 Å². The van der Waals surface area contributed by atoms with Gasteiger partial charge in [-0.2, -0.15) is 0 Å². The van der Waals surface area contributed by atoms with Gasteiger partial charge in [-0.15, -0.1) is 37.2 Å². The Morgan fingerprint density at radius 2 is 1.19 bits per heavy atom. The van der Waals surface area contributed by atoms with Crippen LogP contribution in [0.5, 0.6) is 0 Å². The van der Waals surface area contributed by atoms with Crippen LogP contribution >= 0.6 is 48.8 Å². The number of piperazine rings is 1. The van der Waals surface area contributed by atoms with Crippen LogP contribution in [0.4, 0.5) is 0 Å². The molecule has 0 N–H and O–H groups in total. The Hall–Kier alpha value is -0.520. The molecule has 1 atom stereocenters. The van der Waals surface area contributed by atoms with E-state index in [9.17, 15) is 0 Å². The van der Waals surface area contributed by atoms with Crippen molar-refractivity contribution in [1.29, 1.82) is 0 Å². The Morgan fingerprint density at radius 3 is 1.81 bits per heavy atom. The van der Waals surface area contributed by atoms with Gasteiger partial charge in [-0.3, -0.25) is 9.80 Å². The molecule has 0 aromatic heterocycles. The molecule has 0 amide bonds. The first-order valence-electron chi connectivity index (χ1n) is 10.8. The van der Waals surface area contributed by atoms with Crippen LogP contribution in [-0.4, -0.2) is 67.1 Å². The molecule has 1 unspecified atom stereocenters. The van der Waals surface area contributed by atoms with Crippen molar-refractivity contribution in [3.8, 4) is 0 Å². The number of benzene rings is 2. The van der Waals surface area contributed by atoms with Gasteiger partial charge in [0.15, 0.2) is 0 Å². The van der Waals surface area contributed by atoms with E-state index in [1.165, 1.54) is 56.6 Å². The van der Waals surface area contributed by atoms with Crippen molar-refractivity contribution in [1.82, 2.24) is 14.7 Å². The van der Waals surface area contributed by atoms with Crippen LogP contribution in [0.2, 0.25) is 5.02 Å². The van der Waals surface area contributed by atoms with E-state index in [4.69, 9.17) is 11.6 Å². The standard InChI is InChI=1S/C24H32ClN3.3ClH/c25-23-12-6-5-11-22(23)24(21-9-3-1-4-10-21)28-19-17-27(18-20-28)16-15-26-13-7-2-8-14-26;;;/h1,3-6,9-12,24H,2,7-8,13-20H2;3*1H. The van der Waals surface area contributed by atoms with Gasteiger partial charge < -0.3 is 4.90 Å². The average molecular weight is 507 g/mol. The highest BCUT2D eigenvalue weighted by Gasteiger charge is 2.27. The van der Waals surface area contributed by atoms with E-state index in [2.05, 4.69) is 57.2 Å². The fourth-order valence-electron chi connectivity index (χ4n) is 4.63. The molecule has 0 radical (unpaired) electrons. The third kappa shape index (κ3) is 7.78. The second-order valence-electron chi connectivity index (χ2n) is 8.11. The summed E-state index contributed by atoms with van der Waals surface area (Å²) < 4.78 is 0. The fourth-order valence-corrected chi connectivity index (χ4v) is 4.87. The molecule has 2 saturated heterocycles. The van der Waals surface area contributed by atoms with Crippen LogP contribution in [0.1, 0.15) is 36.4 Å². The van der Waals surface area contributed by atoms with Crippen molar-refractivity contribution in [3.05, 3.63) is 70.7 Å². The molecular weight excluding hydrogens is 472 g/mol. The lowest BCUT2D eigenvalue weighted by atomic mass is 9.96. The minimum atomic E-state index is 0. The summed E-state index contributed by atoms with van der Waals surface area (Å²) in [5.74, 6) is 0. The SMILES string of the molecule is Cl.Cl.Cl.Clc1ccccc1C(c1ccccc1)N1CCN(CCN2CCCCC2)CC1. The third-order valence-corrected chi connectivity index (χ3v) is 6.61. The van der Waals surface area contributed by atoms with Gasteiger partial charge in [-0.1, -0.05) is 66.6 Å². The van der Waals surface area contributed by atoms with Crippen LogP contribution in [-0.2, 0) is 0 Å². The minimum Gasteiger partial charge on any atom is -0.302 e. The molecule has 0 spiro atoms. The number of piperidine rings is 1. The molecule has 0 saturated carbocycles. The van der Waals surface area contributed by atoms with Crippen LogP contribution in [0.3, 0.4) is 0 Å². The van der Waals surface area contributed by atoms with E-state index in [1.807, 2.05) is 12.1 Å². The highest BCUT2D eigenvalue weighted by atomic mass is 35.5. The zero-order valence-corrected chi connectivity index (χ0v) is 21.2. The second-order valence-corrected chi connectivity index (χ2v) is 8.52. The molecule has 31 heavy (non-hydrogen) atoms. The van der Waals surface area contributed by atoms with Gasteiger partial charge in [0.05, 0.1) is 6.04 Å². The number of hydrogen-bond donors (Lipinski definition) is 0. The number of rotatable bonds is 6.